The first kappa shape index (κ1) is 11.6. The molecule has 2 heterocycles. The molecule has 1 fully saturated rings. The van der Waals surface area contributed by atoms with Gasteiger partial charge in [0.25, 0.3) is 0 Å². The largest absolute Gasteiger partial charge is 0.313 e. The number of rotatable bonds is 4. The monoisotopic (exact) mass is 219 g/mol. The molecule has 0 saturated carbocycles. The van der Waals surface area contributed by atoms with Crippen molar-refractivity contribution >= 4 is 0 Å². The summed E-state index contributed by atoms with van der Waals surface area (Å²) in [6.45, 7) is 4.38. The van der Waals surface area contributed by atoms with Gasteiger partial charge in [-0.05, 0) is 38.4 Å². The lowest BCUT2D eigenvalue weighted by Gasteiger charge is -2.25. The van der Waals surface area contributed by atoms with Crippen LogP contribution in [0.1, 0.15) is 37.9 Å². The van der Waals surface area contributed by atoms with Gasteiger partial charge in [-0.1, -0.05) is 12.5 Å². The van der Waals surface area contributed by atoms with Crippen molar-refractivity contribution in [1.29, 1.82) is 0 Å². The molecule has 0 spiro atoms. The fraction of sp³-hybridized carbons (Fsp3) is 0.615. The van der Waals surface area contributed by atoms with Gasteiger partial charge in [0.2, 0.25) is 0 Å². The summed E-state index contributed by atoms with van der Waals surface area (Å²) in [7, 11) is 0. The lowest BCUT2D eigenvalue weighted by atomic mass is 10.0. The standard InChI is InChI=1S/C13H21N3/c1-11(13-7-3-5-9-15-13)16-10-12-6-2-4-8-14-12/h3,5,7,9,11-12,14,16H,2,4,6,8,10H2,1H3/t11-,12+/m0/s1. The molecule has 2 N–H and O–H groups in total. The van der Waals surface area contributed by atoms with Gasteiger partial charge in [0.05, 0.1) is 5.69 Å². The van der Waals surface area contributed by atoms with E-state index < -0.39 is 0 Å². The van der Waals surface area contributed by atoms with E-state index in [4.69, 9.17) is 0 Å². The summed E-state index contributed by atoms with van der Waals surface area (Å²) in [5, 5.41) is 7.09. The third-order valence-corrected chi connectivity index (χ3v) is 3.21. The highest BCUT2D eigenvalue weighted by Crippen LogP contribution is 2.10. The first-order chi connectivity index (χ1) is 7.86. The number of hydrogen-bond acceptors (Lipinski definition) is 3. The summed E-state index contributed by atoms with van der Waals surface area (Å²) in [6, 6.07) is 7.05. The summed E-state index contributed by atoms with van der Waals surface area (Å²) in [6.07, 6.45) is 5.83. The Balaban J connectivity index is 1.77. The van der Waals surface area contributed by atoms with Crippen molar-refractivity contribution in [3.63, 3.8) is 0 Å². The molecule has 0 bridgehead atoms. The predicted molar refractivity (Wildman–Crippen MR) is 66.3 cm³/mol. The molecule has 0 radical (unpaired) electrons. The van der Waals surface area contributed by atoms with Crippen molar-refractivity contribution in [3.8, 4) is 0 Å². The summed E-state index contributed by atoms with van der Waals surface area (Å²) >= 11 is 0. The zero-order valence-electron chi connectivity index (χ0n) is 9.95. The highest BCUT2D eigenvalue weighted by atomic mass is 15.0. The van der Waals surface area contributed by atoms with Crippen LogP contribution in [0.5, 0.6) is 0 Å². The molecule has 1 aromatic heterocycles. The second-order valence-corrected chi connectivity index (χ2v) is 4.53. The Labute approximate surface area is 97.7 Å². The fourth-order valence-corrected chi connectivity index (χ4v) is 2.15. The van der Waals surface area contributed by atoms with Crippen molar-refractivity contribution in [3.05, 3.63) is 30.1 Å². The molecule has 1 aliphatic heterocycles. The van der Waals surface area contributed by atoms with Gasteiger partial charge in [0.1, 0.15) is 0 Å². The first-order valence-corrected chi connectivity index (χ1v) is 6.24. The Kier molecular flexibility index (Phi) is 4.31. The van der Waals surface area contributed by atoms with Crippen molar-refractivity contribution in [2.45, 2.75) is 38.3 Å². The average molecular weight is 219 g/mol. The van der Waals surface area contributed by atoms with E-state index in [2.05, 4.69) is 28.6 Å². The number of nitrogens with one attached hydrogen (secondary N) is 2. The van der Waals surface area contributed by atoms with E-state index in [0.29, 0.717) is 12.1 Å². The molecule has 0 aromatic carbocycles. The Morgan fingerprint density at radius 1 is 1.50 bits per heavy atom. The molecule has 88 valence electrons. The zero-order chi connectivity index (χ0) is 11.2. The lowest BCUT2D eigenvalue weighted by Crippen LogP contribution is -2.42. The summed E-state index contributed by atoms with van der Waals surface area (Å²) < 4.78 is 0. The van der Waals surface area contributed by atoms with Gasteiger partial charge in [-0.15, -0.1) is 0 Å². The maximum absolute atomic E-state index is 4.36. The molecule has 3 heteroatoms. The highest BCUT2D eigenvalue weighted by molar-refractivity contribution is 5.07. The molecule has 16 heavy (non-hydrogen) atoms. The van der Waals surface area contributed by atoms with E-state index in [1.165, 1.54) is 25.8 Å². The molecule has 0 unspecified atom stereocenters. The third-order valence-electron chi connectivity index (χ3n) is 3.21. The van der Waals surface area contributed by atoms with Crippen LogP contribution in [0.25, 0.3) is 0 Å². The Morgan fingerprint density at radius 2 is 2.44 bits per heavy atom. The average Bonchev–Trinajstić information content (AvgIpc) is 2.38. The maximum atomic E-state index is 4.36. The van der Waals surface area contributed by atoms with E-state index in [1.54, 1.807) is 0 Å². The Hall–Kier alpha value is -0.930. The topological polar surface area (TPSA) is 37.0 Å². The summed E-state index contributed by atoms with van der Waals surface area (Å²) in [5.74, 6) is 0. The van der Waals surface area contributed by atoms with Gasteiger partial charge >= 0.3 is 0 Å². The molecule has 1 aromatic rings. The van der Waals surface area contributed by atoms with Crippen LogP contribution < -0.4 is 10.6 Å². The SMILES string of the molecule is C[C@H](NC[C@H]1CCCCN1)c1ccccn1. The molecule has 3 nitrogen and oxygen atoms in total. The van der Waals surface area contributed by atoms with Gasteiger partial charge in [-0.25, -0.2) is 0 Å². The van der Waals surface area contributed by atoms with Gasteiger partial charge < -0.3 is 10.6 Å². The number of aromatic nitrogens is 1. The summed E-state index contributed by atoms with van der Waals surface area (Å²) in [4.78, 5) is 4.36. The van der Waals surface area contributed by atoms with Crippen LogP contribution >= 0.6 is 0 Å². The minimum atomic E-state index is 0.338. The Morgan fingerprint density at radius 3 is 3.12 bits per heavy atom. The zero-order valence-corrected chi connectivity index (χ0v) is 9.95. The smallest absolute Gasteiger partial charge is 0.0570 e. The van der Waals surface area contributed by atoms with Crippen LogP contribution in [-0.4, -0.2) is 24.1 Å². The lowest BCUT2D eigenvalue weighted by molar-refractivity contribution is 0.370. The van der Waals surface area contributed by atoms with Crippen LogP contribution in [0.2, 0.25) is 0 Å². The van der Waals surface area contributed by atoms with Crippen molar-refractivity contribution < 1.29 is 0 Å². The van der Waals surface area contributed by atoms with E-state index >= 15 is 0 Å². The van der Waals surface area contributed by atoms with Crippen LogP contribution in [0.4, 0.5) is 0 Å². The quantitative estimate of drug-likeness (QED) is 0.812. The van der Waals surface area contributed by atoms with E-state index in [1.807, 2.05) is 18.3 Å². The van der Waals surface area contributed by atoms with Crippen LogP contribution in [-0.2, 0) is 0 Å². The van der Waals surface area contributed by atoms with Crippen LogP contribution in [0.3, 0.4) is 0 Å². The van der Waals surface area contributed by atoms with E-state index in [0.717, 1.165) is 12.2 Å². The van der Waals surface area contributed by atoms with Crippen molar-refractivity contribution in [1.82, 2.24) is 15.6 Å². The predicted octanol–water partition coefficient (Wildman–Crippen LogP) is 1.87. The van der Waals surface area contributed by atoms with Crippen LogP contribution in [0, 0.1) is 0 Å². The van der Waals surface area contributed by atoms with Gasteiger partial charge in [0, 0.05) is 24.8 Å². The highest BCUT2D eigenvalue weighted by Gasteiger charge is 2.13. The number of nitrogens with zero attached hydrogens (tertiary/aromatic N) is 1. The minimum absolute atomic E-state index is 0.338. The minimum Gasteiger partial charge on any atom is -0.313 e. The van der Waals surface area contributed by atoms with E-state index in [9.17, 15) is 0 Å². The number of pyridine rings is 1. The molecule has 0 aliphatic carbocycles. The molecule has 1 saturated heterocycles. The molecule has 0 amide bonds. The molecule has 1 aliphatic rings. The number of piperidine rings is 1. The van der Waals surface area contributed by atoms with Gasteiger partial charge in [0.15, 0.2) is 0 Å². The normalized spacial score (nSPS) is 22.9. The van der Waals surface area contributed by atoms with Crippen molar-refractivity contribution in [2.24, 2.45) is 0 Å². The first-order valence-electron chi connectivity index (χ1n) is 6.24. The van der Waals surface area contributed by atoms with Gasteiger partial charge in [-0.2, -0.15) is 0 Å². The van der Waals surface area contributed by atoms with Crippen molar-refractivity contribution in [2.75, 3.05) is 13.1 Å². The maximum Gasteiger partial charge on any atom is 0.0570 e. The van der Waals surface area contributed by atoms with Crippen LogP contribution in [0.15, 0.2) is 24.4 Å². The fourth-order valence-electron chi connectivity index (χ4n) is 2.15. The third kappa shape index (κ3) is 3.29. The van der Waals surface area contributed by atoms with E-state index in [-0.39, 0.29) is 0 Å². The molecule has 2 atom stereocenters. The molecule has 2 rings (SSSR count). The van der Waals surface area contributed by atoms with Gasteiger partial charge in [-0.3, -0.25) is 4.98 Å². The number of hydrogen-bond donors (Lipinski definition) is 2. The Bertz CT molecular complexity index is 293. The second-order valence-electron chi connectivity index (χ2n) is 4.53. The molecular formula is C13H21N3. The summed E-state index contributed by atoms with van der Waals surface area (Å²) in [5.41, 5.74) is 1.12. The molecular weight excluding hydrogens is 198 g/mol. The second kappa shape index (κ2) is 5.97.